The number of nitrogens with one attached hydrogen (secondary N) is 4. The Morgan fingerprint density at radius 1 is 1.23 bits per heavy atom. The largest absolute Gasteiger partial charge is 0.381 e. The van der Waals surface area contributed by atoms with Crippen LogP contribution in [0.25, 0.3) is 0 Å². The van der Waals surface area contributed by atoms with Gasteiger partial charge in [0.2, 0.25) is 11.8 Å². The third-order valence-corrected chi connectivity index (χ3v) is 6.41. The van der Waals surface area contributed by atoms with E-state index < -0.39 is 18.1 Å². The van der Waals surface area contributed by atoms with Crippen molar-refractivity contribution in [3.63, 3.8) is 0 Å². The molecule has 0 aromatic heterocycles. The van der Waals surface area contributed by atoms with E-state index in [0.717, 1.165) is 18.5 Å². The number of carbonyl (C=O) groups is 3. The van der Waals surface area contributed by atoms with Crippen LogP contribution in [0.2, 0.25) is 0 Å². The lowest BCUT2D eigenvalue weighted by atomic mass is 9.92. The van der Waals surface area contributed by atoms with Crippen LogP contribution in [0.1, 0.15) is 38.7 Å². The summed E-state index contributed by atoms with van der Waals surface area (Å²) in [5, 5.41) is 22.3. The van der Waals surface area contributed by atoms with Gasteiger partial charge in [-0.25, -0.2) is 0 Å². The van der Waals surface area contributed by atoms with Gasteiger partial charge in [0, 0.05) is 19.0 Å². The van der Waals surface area contributed by atoms with Crippen molar-refractivity contribution < 1.29 is 19.5 Å². The zero-order chi connectivity index (χ0) is 22.4. The van der Waals surface area contributed by atoms with Gasteiger partial charge < -0.3 is 26.4 Å². The molecule has 2 saturated heterocycles. The number of hydrogen-bond acceptors (Lipinski definition) is 5. The molecule has 0 radical (unpaired) electrons. The molecule has 3 rings (SSSR count). The Balaban J connectivity index is 1.62. The van der Waals surface area contributed by atoms with Gasteiger partial charge >= 0.3 is 0 Å². The summed E-state index contributed by atoms with van der Waals surface area (Å²) in [6, 6.07) is 8.21. The molecule has 0 saturated carbocycles. The van der Waals surface area contributed by atoms with E-state index in [2.05, 4.69) is 35.1 Å². The normalized spacial score (nSPS) is 25.2. The van der Waals surface area contributed by atoms with E-state index in [0.29, 0.717) is 24.8 Å². The Kier molecular flexibility index (Phi) is 8.03. The van der Waals surface area contributed by atoms with E-state index in [4.69, 9.17) is 0 Å². The number of hydrogen-bond donors (Lipinski definition) is 5. The average Bonchev–Trinajstić information content (AvgIpc) is 3.41. The standard InChI is InChI=1S/C23H34N4O4/c1-14(2)17-11-19(25-13-17)22(30)27-18(10-16-8-9-24-21(16)29)20(28)23(31)26-12-15-6-4-3-5-7-15/h3-7,14,16-20,25,28H,8-13H2,1-2H3,(H,24,29)(H,26,31)(H,27,30)/t16-,17+,18-,19-,20?/m0/s1. The van der Waals surface area contributed by atoms with E-state index in [1.807, 2.05) is 30.3 Å². The second-order valence-electron chi connectivity index (χ2n) is 8.98. The minimum atomic E-state index is -1.44. The molecule has 1 aromatic carbocycles. The number of rotatable bonds is 9. The Morgan fingerprint density at radius 3 is 2.58 bits per heavy atom. The molecule has 1 aromatic rings. The van der Waals surface area contributed by atoms with Crippen molar-refractivity contribution in [2.24, 2.45) is 17.8 Å². The van der Waals surface area contributed by atoms with Crippen LogP contribution in [0.4, 0.5) is 0 Å². The van der Waals surface area contributed by atoms with E-state index >= 15 is 0 Å². The maximum Gasteiger partial charge on any atom is 0.251 e. The quantitative estimate of drug-likeness (QED) is 0.386. The highest BCUT2D eigenvalue weighted by Gasteiger charge is 2.37. The Morgan fingerprint density at radius 2 is 1.97 bits per heavy atom. The van der Waals surface area contributed by atoms with Crippen molar-refractivity contribution in [2.45, 2.75) is 57.8 Å². The summed E-state index contributed by atoms with van der Waals surface area (Å²) >= 11 is 0. The fourth-order valence-corrected chi connectivity index (χ4v) is 4.27. The minimum absolute atomic E-state index is 0.102. The van der Waals surface area contributed by atoms with Gasteiger partial charge in [-0.05, 0) is 43.2 Å². The van der Waals surface area contributed by atoms with Crippen LogP contribution in [-0.2, 0) is 20.9 Å². The van der Waals surface area contributed by atoms with Crippen molar-refractivity contribution in [3.8, 4) is 0 Å². The Labute approximate surface area is 183 Å². The van der Waals surface area contributed by atoms with Crippen molar-refractivity contribution in [2.75, 3.05) is 13.1 Å². The van der Waals surface area contributed by atoms with E-state index in [9.17, 15) is 19.5 Å². The second kappa shape index (κ2) is 10.7. The molecule has 2 aliphatic heterocycles. The van der Waals surface area contributed by atoms with Crippen molar-refractivity contribution in [3.05, 3.63) is 35.9 Å². The second-order valence-corrected chi connectivity index (χ2v) is 8.98. The molecule has 3 amide bonds. The highest BCUT2D eigenvalue weighted by atomic mass is 16.3. The highest BCUT2D eigenvalue weighted by Crippen LogP contribution is 2.23. The van der Waals surface area contributed by atoms with Crippen LogP contribution in [0, 0.1) is 17.8 Å². The first-order valence-electron chi connectivity index (χ1n) is 11.2. The average molecular weight is 431 g/mol. The number of carbonyl (C=O) groups excluding carboxylic acids is 3. The Hall–Kier alpha value is -2.45. The molecule has 2 heterocycles. The smallest absolute Gasteiger partial charge is 0.251 e. The summed E-state index contributed by atoms with van der Waals surface area (Å²) in [4.78, 5) is 37.6. The summed E-state index contributed by atoms with van der Waals surface area (Å²) < 4.78 is 0. The van der Waals surface area contributed by atoms with Gasteiger partial charge in [0.05, 0.1) is 12.1 Å². The molecule has 0 bridgehead atoms. The summed E-state index contributed by atoms with van der Waals surface area (Å²) in [7, 11) is 0. The summed E-state index contributed by atoms with van der Waals surface area (Å²) in [6.07, 6.45) is 0.123. The van der Waals surface area contributed by atoms with Gasteiger partial charge in [-0.15, -0.1) is 0 Å². The van der Waals surface area contributed by atoms with Gasteiger partial charge in [-0.1, -0.05) is 44.2 Å². The third-order valence-electron chi connectivity index (χ3n) is 6.41. The Bertz CT molecular complexity index is 770. The monoisotopic (exact) mass is 430 g/mol. The predicted molar refractivity (Wildman–Crippen MR) is 117 cm³/mol. The van der Waals surface area contributed by atoms with Crippen LogP contribution in [0.3, 0.4) is 0 Å². The van der Waals surface area contributed by atoms with E-state index in [1.165, 1.54) is 0 Å². The zero-order valence-corrected chi connectivity index (χ0v) is 18.3. The SMILES string of the molecule is CC(C)[C@H]1CN[C@H](C(=O)N[C@@H](C[C@@H]2CCNC2=O)C(O)C(=O)NCc2ccccc2)C1. The van der Waals surface area contributed by atoms with Gasteiger partial charge in [0.25, 0.3) is 5.91 Å². The number of aliphatic hydroxyl groups is 1. The highest BCUT2D eigenvalue weighted by molar-refractivity contribution is 5.86. The molecule has 2 aliphatic rings. The lowest BCUT2D eigenvalue weighted by Crippen LogP contribution is -2.54. The van der Waals surface area contributed by atoms with E-state index in [1.54, 1.807) is 0 Å². The molecule has 31 heavy (non-hydrogen) atoms. The van der Waals surface area contributed by atoms with E-state index in [-0.39, 0.29) is 36.7 Å². The summed E-state index contributed by atoms with van der Waals surface area (Å²) in [6.45, 7) is 5.89. The zero-order valence-electron chi connectivity index (χ0n) is 18.3. The van der Waals surface area contributed by atoms with Crippen LogP contribution in [-0.4, -0.2) is 54.1 Å². The van der Waals surface area contributed by atoms with Crippen molar-refractivity contribution in [1.29, 1.82) is 0 Å². The van der Waals surface area contributed by atoms with Crippen LogP contribution >= 0.6 is 0 Å². The molecular weight excluding hydrogens is 396 g/mol. The minimum Gasteiger partial charge on any atom is -0.381 e. The number of aliphatic hydroxyl groups excluding tert-OH is 1. The summed E-state index contributed by atoms with van der Waals surface area (Å²) in [5.41, 5.74) is 0.911. The first-order chi connectivity index (χ1) is 14.8. The lowest BCUT2D eigenvalue weighted by molar-refractivity contribution is -0.134. The van der Waals surface area contributed by atoms with Crippen LogP contribution < -0.4 is 21.3 Å². The lowest BCUT2D eigenvalue weighted by Gasteiger charge is -2.26. The maximum atomic E-state index is 12.9. The maximum absolute atomic E-state index is 12.9. The van der Waals surface area contributed by atoms with Crippen molar-refractivity contribution >= 4 is 17.7 Å². The fraction of sp³-hybridized carbons (Fsp3) is 0.609. The van der Waals surface area contributed by atoms with Crippen molar-refractivity contribution in [1.82, 2.24) is 21.3 Å². The molecule has 5 atom stereocenters. The third kappa shape index (κ3) is 6.27. The van der Waals surface area contributed by atoms with Crippen LogP contribution in [0.15, 0.2) is 30.3 Å². The molecule has 0 spiro atoms. The fourth-order valence-electron chi connectivity index (χ4n) is 4.27. The van der Waals surface area contributed by atoms with Gasteiger partial charge in [-0.2, -0.15) is 0 Å². The first kappa shape index (κ1) is 23.2. The molecule has 8 heteroatoms. The number of benzene rings is 1. The van der Waals surface area contributed by atoms with Gasteiger partial charge in [0.15, 0.2) is 6.10 Å². The molecular formula is C23H34N4O4. The molecule has 1 unspecified atom stereocenters. The number of amides is 3. The summed E-state index contributed by atoms with van der Waals surface area (Å²) in [5.74, 6) is -0.350. The molecule has 0 aliphatic carbocycles. The van der Waals surface area contributed by atoms with Gasteiger partial charge in [0.1, 0.15) is 0 Å². The molecule has 2 fully saturated rings. The molecule has 8 nitrogen and oxygen atoms in total. The predicted octanol–water partition coefficient (Wildman–Crippen LogP) is 0.309. The van der Waals surface area contributed by atoms with Crippen LogP contribution in [0.5, 0.6) is 0 Å². The van der Waals surface area contributed by atoms with Gasteiger partial charge in [-0.3, -0.25) is 14.4 Å². The first-order valence-corrected chi connectivity index (χ1v) is 11.2. The molecule has 170 valence electrons. The molecule has 5 N–H and O–H groups in total. The topological polar surface area (TPSA) is 120 Å².